The molecule has 0 fully saturated rings. The fourth-order valence-corrected chi connectivity index (χ4v) is 2.82. The standard InChI is InChI=1S/C11H7ClIN3O/c12-10-7-1-2-16(11(7)15-5-14-10)6-3-8(13)9(17)4-6/h1-3,5-6H,4H2/t6-/m0/s1. The summed E-state index contributed by atoms with van der Waals surface area (Å²) in [5.41, 5.74) is 0.769. The van der Waals surface area contributed by atoms with Gasteiger partial charge in [-0.1, -0.05) is 11.6 Å². The van der Waals surface area contributed by atoms with Crippen molar-refractivity contribution >= 4 is 51.0 Å². The molecule has 0 spiro atoms. The lowest BCUT2D eigenvalue weighted by molar-refractivity contribution is -0.114. The van der Waals surface area contributed by atoms with E-state index in [0.29, 0.717) is 11.6 Å². The molecule has 1 aliphatic rings. The number of hydrogen-bond acceptors (Lipinski definition) is 3. The summed E-state index contributed by atoms with van der Waals surface area (Å²) in [6, 6.07) is 1.92. The SMILES string of the molecule is O=C1C[C@@H](n2ccc3c(Cl)ncnc32)C=C1I. The maximum atomic E-state index is 11.5. The third-order valence-electron chi connectivity index (χ3n) is 2.82. The molecule has 1 atom stereocenters. The van der Waals surface area contributed by atoms with E-state index in [4.69, 9.17) is 11.6 Å². The van der Waals surface area contributed by atoms with Gasteiger partial charge in [0.25, 0.3) is 0 Å². The molecule has 1 aliphatic carbocycles. The van der Waals surface area contributed by atoms with Gasteiger partial charge in [-0.05, 0) is 34.7 Å². The van der Waals surface area contributed by atoms with E-state index in [1.165, 1.54) is 6.33 Å². The maximum absolute atomic E-state index is 11.5. The van der Waals surface area contributed by atoms with Crippen LogP contribution >= 0.6 is 34.2 Å². The number of nitrogens with zero attached hydrogens (tertiary/aromatic N) is 3. The summed E-state index contributed by atoms with van der Waals surface area (Å²) in [6.45, 7) is 0. The molecule has 2 aromatic heterocycles. The summed E-state index contributed by atoms with van der Waals surface area (Å²) in [5.74, 6) is 0.178. The molecule has 0 radical (unpaired) electrons. The molecule has 0 aromatic carbocycles. The highest BCUT2D eigenvalue weighted by Gasteiger charge is 2.24. The molecule has 0 aliphatic heterocycles. The minimum atomic E-state index is 0.0397. The van der Waals surface area contributed by atoms with Crippen LogP contribution in [0.2, 0.25) is 5.15 Å². The predicted octanol–water partition coefficient (Wildman–Crippen LogP) is 2.92. The van der Waals surface area contributed by atoms with Gasteiger partial charge in [0.05, 0.1) is 15.0 Å². The lowest BCUT2D eigenvalue weighted by Gasteiger charge is -2.09. The van der Waals surface area contributed by atoms with Crippen LogP contribution < -0.4 is 0 Å². The van der Waals surface area contributed by atoms with E-state index in [1.54, 1.807) is 0 Å². The van der Waals surface area contributed by atoms with Crippen molar-refractivity contribution in [2.75, 3.05) is 0 Å². The number of fused-ring (bicyclic) bond motifs is 1. The minimum Gasteiger partial charge on any atom is -0.325 e. The first kappa shape index (κ1) is 11.2. The van der Waals surface area contributed by atoms with Gasteiger partial charge < -0.3 is 4.57 Å². The summed E-state index contributed by atoms with van der Waals surface area (Å²) in [6.07, 6.45) is 5.78. The molecule has 2 aromatic rings. The summed E-state index contributed by atoms with van der Waals surface area (Å²) in [4.78, 5) is 19.7. The molecule has 2 heterocycles. The van der Waals surface area contributed by atoms with Gasteiger partial charge in [0.2, 0.25) is 0 Å². The Bertz CT molecular complexity index is 649. The smallest absolute Gasteiger partial charge is 0.171 e. The first-order valence-corrected chi connectivity index (χ1v) is 6.50. The lowest BCUT2D eigenvalue weighted by atomic mass is 10.2. The van der Waals surface area contributed by atoms with Crippen LogP contribution in [0.25, 0.3) is 11.0 Å². The number of carbonyl (C=O) groups is 1. The number of rotatable bonds is 1. The molecule has 0 amide bonds. The Morgan fingerprint density at radius 3 is 3.00 bits per heavy atom. The van der Waals surface area contributed by atoms with Crippen molar-refractivity contribution in [2.24, 2.45) is 0 Å². The zero-order chi connectivity index (χ0) is 12.0. The molecule has 17 heavy (non-hydrogen) atoms. The van der Waals surface area contributed by atoms with Gasteiger partial charge >= 0.3 is 0 Å². The average Bonchev–Trinajstić information content (AvgIpc) is 2.85. The first-order valence-electron chi connectivity index (χ1n) is 5.04. The molecule has 6 heteroatoms. The van der Waals surface area contributed by atoms with E-state index in [1.807, 2.05) is 22.9 Å². The van der Waals surface area contributed by atoms with Crippen molar-refractivity contribution in [3.63, 3.8) is 0 Å². The van der Waals surface area contributed by atoms with Gasteiger partial charge in [-0.2, -0.15) is 0 Å². The topological polar surface area (TPSA) is 47.8 Å². The van der Waals surface area contributed by atoms with E-state index in [-0.39, 0.29) is 11.8 Å². The highest BCUT2D eigenvalue weighted by Crippen LogP contribution is 2.32. The highest BCUT2D eigenvalue weighted by molar-refractivity contribution is 14.1. The number of ketones is 1. The van der Waals surface area contributed by atoms with E-state index in [2.05, 4.69) is 32.6 Å². The number of carbonyl (C=O) groups excluding carboxylic acids is 1. The van der Waals surface area contributed by atoms with Crippen LogP contribution in [0.1, 0.15) is 12.5 Å². The van der Waals surface area contributed by atoms with Crippen molar-refractivity contribution in [3.05, 3.63) is 33.4 Å². The Morgan fingerprint density at radius 2 is 2.29 bits per heavy atom. The molecule has 3 rings (SSSR count). The molecule has 0 bridgehead atoms. The Kier molecular flexibility index (Phi) is 2.67. The second-order valence-corrected chi connectivity index (χ2v) is 5.35. The Balaban J connectivity index is 2.14. The normalized spacial score (nSPS) is 20.0. The summed E-state index contributed by atoms with van der Waals surface area (Å²) >= 11 is 8.05. The highest BCUT2D eigenvalue weighted by atomic mass is 127. The van der Waals surface area contributed by atoms with Gasteiger partial charge in [0.1, 0.15) is 17.1 Å². The molecule has 0 N–H and O–H groups in total. The fraction of sp³-hybridized carbons (Fsp3) is 0.182. The van der Waals surface area contributed by atoms with Crippen molar-refractivity contribution in [2.45, 2.75) is 12.5 Å². The monoisotopic (exact) mass is 359 g/mol. The lowest BCUT2D eigenvalue weighted by Crippen LogP contribution is -2.05. The van der Waals surface area contributed by atoms with E-state index in [9.17, 15) is 4.79 Å². The fourth-order valence-electron chi connectivity index (χ4n) is 1.99. The largest absolute Gasteiger partial charge is 0.325 e. The van der Waals surface area contributed by atoms with Gasteiger partial charge in [-0.25, -0.2) is 9.97 Å². The van der Waals surface area contributed by atoms with Gasteiger partial charge in [0.15, 0.2) is 5.78 Å². The second-order valence-electron chi connectivity index (χ2n) is 3.83. The molecule has 0 saturated heterocycles. The summed E-state index contributed by atoms with van der Waals surface area (Å²) < 4.78 is 2.75. The Hall–Kier alpha value is -0.950. The zero-order valence-electron chi connectivity index (χ0n) is 8.60. The average molecular weight is 360 g/mol. The first-order chi connectivity index (χ1) is 8.16. The van der Waals surface area contributed by atoms with Crippen LogP contribution in [0.3, 0.4) is 0 Å². The number of aromatic nitrogens is 3. The van der Waals surface area contributed by atoms with Crippen LogP contribution in [0, 0.1) is 0 Å². The predicted molar refractivity (Wildman–Crippen MR) is 73.3 cm³/mol. The van der Waals surface area contributed by atoms with Crippen LogP contribution in [-0.4, -0.2) is 20.3 Å². The van der Waals surface area contributed by atoms with Gasteiger partial charge in [-0.3, -0.25) is 4.79 Å². The Morgan fingerprint density at radius 1 is 1.47 bits per heavy atom. The second kappa shape index (κ2) is 4.06. The van der Waals surface area contributed by atoms with E-state index < -0.39 is 0 Å². The number of Topliss-reactive ketones (excluding diaryl/α,β-unsaturated/α-hetero) is 1. The molecular formula is C11H7ClIN3O. The molecule has 0 saturated carbocycles. The van der Waals surface area contributed by atoms with Crippen LogP contribution in [0.5, 0.6) is 0 Å². The summed E-state index contributed by atoms with van der Waals surface area (Å²) in [5, 5.41) is 1.26. The van der Waals surface area contributed by atoms with E-state index >= 15 is 0 Å². The van der Waals surface area contributed by atoms with Gasteiger partial charge in [-0.15, -0.1) is 0 Å². The molecule has 86 valence electrons. The van der Waals surface area contributed by atoms with Crippen molar-refractivity contribution in [3.8, 4) is 0 Å². The van der Waals surface area contributed by atoms with Crippen molar-refractivity contribution < 1.29 is 4.79 Å². The Labute approximate surface area is 116 Å². The minimum absolute atomic E-state index is 0.0397. The number of halogens is 2. The zero-order valence-corrected chi connectivity index (χ0v) is 11.5. The van der Waals surface area contributed by atoms with Crippen LogP contribution in [0.4, 0.5) is 0 Å². The van der Waals surface area contributed by atoms with Crippen LogP contribution in [-0.2, 0) is 4.79 Å². The third kappa shape index (κ3) is 1.77. The number of hydrogen-bond donors (Lipinski definition) is 0. The van der Waals surface area contributed by atoms with E-state index in [0.717, 1.165) is 14.6 Å². The molecule has 4 nitrogen and oxygen atoms in total. The quantitative estimate of drug-likeness (QED) is 0.581. The third-order valence-corrected chi connectivity index (χ3v) is 4.08. The van der Waals surface area contributed by atoms with Crippen molar-refractivity contribution in [1.29, 1.82) is 0 Å². The van der Waals surface area contributed by atoms with Crippen molar-refractivity contribution in [1.82, 2.24) is 14.5 Å². The maximum Gasteiger partial charge on any atom is 0.171 e. The number of allylic oxidation sites excluding steroid dienone is 2. The molecule has 0 unspecified atom stereocenters. The molecular weight excluding hydrogens is 352 g/mol. The summed E-state index contributed by atoms with van der Waals surface area (Å²) in [7, 11) is 0. The van der Waals surface area contributed by atoms with Gasteiger partial charge in [0, 0.05) is 12.6 Å². The van der Waals surface area contributed by atoms with Crippen LogP contribution in [0.15, 0.2) is 28.2 Å².